The zero-order valence-electron chi connectivity index (χ0n) is 12.4. The van der Waals surface area contributed by atoms with Gasteiger partial charge >= 0.3 is 0 Å². The molecule has 3 heterocycles. The van der Waals surface area contributed by atoms with Gasteiger partial charge in [0.05, 0.1) is 12.7 Å². The first-order valence-electron chi connectivity index (χ1n) is 7.08. The Labute approximate surface area is 124 Å². The molecule has 0 aliphatic carbocycles. The van der Waals surface area contributed by atoms with Crippen molar-refractivity contribution in [1.29, 1.82) is 0 Å². The second-order valence-electron chi connectivity index (χ2n) is 5.30. The van der Waals surface area contributed by atoms with Crippen LogP contribution in [0.25, 0.3) is 11.5 Å². The van der Waals surface area contributed by atoms with Gasteiger partial charge in [-0.2, -0.15) is 0 Å². The Morgan fingerprint density at radius 1 is 1.33 bits per heavy atom. The Balaban J connectivity index is 1.58. The highest BCUT2D eigenvalue weighted by Crippen LogP contribution is 2.14. The molecule has 0 bridgehead atoms. The molecule has 1 atom stereocenters. The van der Waals surface area contributed by atoms with Crippen LogP contribution in [0.1, 0.15) is 0 Å². The molecule has 1 fully saturated rings. The van der Waals surface area contributed by atoms with Crippen LogP contribution in [0, 0.1) is 0 Å². The molecule has 0 saturated carbocycles. The van der Waals surface area contributed by atoms with Gasteiger partial charge in [-0.1, -0.05) is 0 Å². The molecule has 0 spiro atoms. The van der Waals surface area contributed by atoms with Crippen molar-refractivity contribution in [2.75, 3.05) is 38.6 Å². The first-order chi connectivity index (χ1) is 10.2. The van der Waals surface area contributed by atoms with Crippen molar-refractivity contribution in [3.63, 3.8) is 0 Å². The number of aromatic nitrogens is 4. The van der Waals surface area contributed by atoms with Crippen molar-refractivity contribution in [3.8, 4) is 11.5 Å². The molecule has 2 aromatic heterocycles. The molecule has 1 N–H and O–H groups in total. The number of rotatable bonds is 4. The molecule has 1 unspecified atom stereocenters. The van der Waals surface area contributed by atoms with Gasteiger partial charge in [-0.25, -0.2) is 4.98 Å². The molecule has 0 radical (unpaired) electrons. The third kappa shape index (κ3) is 3.37. The van der Waals surface area contributed by atoms with Crippen LogP contribution < -0.4 is 5.32 Å². The number of likely N-dealkylation sites (N-methyl/N-ethyl adjacent to an activating group) is 1. The van der Waals surface area contributed by atoms with Crippen LogP contribution in [-0.4, -0.2) is 64.0 Å². The maximum atomic E-state index is 5.70. The van der Waals surface area contributed by atoms with Crippen LogP contribution in [0.15, 0.2) is 24.5 Å². The first-order valence-corrected chi connectivity index (χ1v) is 7.08. The van der Waals surface area contributed by atoms with Crippen molar-refractivity contribution in [3.05, 3.63) is 24.5 Å². The summed E-state index contributed by atoms with van der Waals surface area (Å²) in [5.74, 6) is 1.57. The number of nitrogens with one attached hydrogen (secondary N) is 1. The van der Waals surface area contributed by atoms with Crippen molar-refractivity contribution < 1.29 is 4.74 Å². The van der Waals surface area contributed by atoms with Crippen LogP contribution in [0.4, 0.5) is 5.82 Å². The average Bonchev–Trinajstić information content (AvgIpc) is 2.92. The number of hydrogen-bond donors (Lipinski definition) is 1. The molecule has 2 aromatic rings. The van der Waals surface area contributed by atoms with E-state index >= 15 is 0 Å². The van der Waals surface area contributed by atoms with Crippen LogP contribution in [0.5, 0.6) is 0 Å². The average molecular weight is 288 g/mol. The third-order valence-electron chi connectivity index (χ3n) is 3.57. The molecule has 0 aromatic carbocycles. The van der Waals surface area contributed by atoms with Gasteiger partial charge in [0.2, 0.25) is 0 Å². The summed E-state index contributed by atoms with van der Waals surface area (Å²) in [4.78, 5) is 6.53. The monoisotopic (exact) mass is 288 g/mol. The molecule has 1 saturated heterocycles. The number of aryl methyl sites for hydroxylation is 1. The number of nitrogens with zero attached hydrogens (tertiary/aromatic N) is 5. The van der Waals surface area contributed by atoms with Crippen molar-refractivity contribution in [1.82, 2.24) is 24.6 Å². The molecule has 1 aliphatic rings. The van der Waals surface area contributed by atoms with Gasteiger partial charge in [0.25, 0.3) is 0 Å². The smallest absolute Gasteiger partial charge is 0.160 e. The van der Waals surface area contributed by atoms with Gasteiger partial charge in [-0.15, -0.1) is 10.2 Å². The summed E-state index contributed by atoms with van der Waals surface area (Å²) in [5, 5.41) is 11.7. The quantitative estimate of drug-likeness (QED) is 0.889. The largest absolute Gasteiger partial charge is 0.374 e. The summed E-state index contributed by atoms with van der Waals surface area (Å²) in [7, 11) is 4.05. The lowest BCUT2D eigenvalue weighted by atomic mass is 10.3. The van der Waals surface area contributed by atoms with E-state index in [0.29, 0.717) is 0 Å². The predicted molar refractivity (Wildman–Crippen MR) is 80.0 cm³/mol. The maximum absolute atomic E-state index is 5.70. The third-order valence-corrected chi connectivity index (χ3v) is 3.57. The molecule has 0 amide bonds. The van der Waals surface area contributed by atoms with E-state index in [4.69, 9.17) is 4.74 Å². The Bertz CT molecular complexity index is 581. The van der Waals surface area contributed by atoms with Crippen molar-refractivity contribution >= 4 is 5.82 Å². The normalized spacial score (nSPS) is 19.6. The molecule has 21 heavy (non-hydrogen) atoms. The standard InChI is InChI=1S/C14H20N6O/c1-19-7-8-21-11(10-19)9-16-13-4-3-12(17-18-13)14-15-5-6-20(14)2/h3-6,11H,7-10H2,1-2H3,(H,16,18). The SMILES string of the molecule is CN1CCOC(CNc2ccc(-c3nccn3C)nn2)C1. The highest BCUT2D eigenvalue weighted by Gasteiger charge is 2.17. The summed E-state index contributed by atoms with van der Waals surface area (Å²) in [5.41, 5.74) is 0.765. The Hall–Kier alpha value is -1.99. The lowest BCUT2D eigenvalue weighted by molar-refractivity contribution is -0.0117. The zero-order chi connectivity index (χ0) is 14.7. The highest BCUT2D eigenvalue weighted by atomic mass is 16.5. The molecule has 3 rings (SSSR count). The lowest BCUT2D eigenvalue weighted by Crippen LogP contribution is -2.43. The van der Waals surface area contributed by atoms with Crippen LogP contribution in [0.2, 0.25) is 0 Å². The van der Waals surface area contributed by atoms with Crippen LogP contribution in [-0.2, 0) is 11.8 Å². The molecule has 1 aliphatic heterocycles. The van der Waals surface area contributed by atoms with E-state index in [0.717, 1.165) is 43.6 Å². The van der Waals surface area contributed by atoms with E-state index in [1.165, 1.54) is 0 Å². The van der Waals surface area contributed by atoms with Gasteiger partial charge in [0, 0.05) is 39.1 Å². The van der Waals surface area contributed by atoms with Crippen LogP contribution >= 0.6 is 0 Å². The topological polar surface area (TPSA) is 68.1 Å². The Morgan fingerprint density at radius 2 is 2.24 bits per heavy atom. The second-order valence-corrected chi connectivity index (χ2v) is 5.30. The van der Waals surface area contributed by atoms with Gasteiger partial charge in [0.15, 0.2) is 5.82 Å². The highest BCUT2D eigenvalue weighted by molar-refractivity contribution is 5.51. The summed E-state index contributed by atoms with van der Waals surface area (Å²) >= 11 is 0. The summed E-state index contributed by atoms with van der Waals surface area (Å²) in [6.07, 6.45) is 3.83. The number of hydrogen-bond acceptors (Lipinski definition) is 6. The minimum Gasteiger partial charge on any atom is -0.374 e. The number of morpholine rings is 1. The maximum Gasteiger partial charge on any atom is 0.160 e. The van der Waals surface area contributed by atoms with Gasteiger partial charge in [0.1, 0.15) is 11.5 Å². The first kappa shape index (κ1) is 14.0. The van der Waals surface area contributed by atoms with E-state index in [9.17, 15) is 0 Å². The predicted octanol–water partition coefficient (Wildman–Crippen LogP) is 0.620. The minimum absolute atomic E-state index is 0.194. The molecule has 7 heteroatoms. The van der Waals surface area contributed by atoms with Gasteiger partial charge in [-0.3, -0.25) is 0 Å². The van der Waals surface area contributed by atoms with E-state index in [2.05, 4.69) is 32.4 Å². The van der Waals surface area contributed by atoms with Gasteiger partial charge < -0.3 is 19.5 Å². The second kappa shape index (κ2) is 6.19. The van der Waals surface area contributed by atoms with E-state index in [1.54, 1.807) is 6.20 Å². The van der Waals surface area contributed by atoms with Crippen LogP contribution in [0.3, 0.4) is 0 Å². The summed E-state index contributed by atoms with van der Waals surface area (Å²) in [6.45, 7) is 3.45. The van der Waals surface area contributed by atoms with Crippen molar-refractivity contribution in [2.45, 2.75) is 6.10 Å². The molecule has 7 nitrogen and oxygen atoms in total. The van der Waals surface area contributed by atoms with Crippen molar-refractivity contribution in [2.24, 2.45) is 7.05 Å². The Morgan fingerprint density at radius 3 is 2.90 bits per heavy atom. The fourth-order valence-electron chi connectivity index (χ4n) is 2.37. The number of ether oxygens (including phenoxy) is 1. The fraction of sp³-hybridized carbons (Fsp3) is 0.500. The van der Waals surface area contributed by atoms with E-state index in [1.807, 2.05) is 29.9 Å². The number of anilines is 1. The van der Waals surface area contributed by atoms with Gasteiger partial charge in [-0.05, 0) is 19.2 Å². The zero-order valence-corrected chi connectivity index (χ0v) is 12.4. The Kier molecular flexibility index (Phi) is 4.12. The van der Waals surface area contributed by atoms with E-state index in [-0.39, 0.29) is 6.10 Å². The summed E-state index contributed by atoms with van der Waals surface area (Å²) < 4.78 is 7.62. The lowest BCUT2D eigenvalue weighted by Gasteiger charge is -2.30. The van der Waals surface area contributed by atoms with E-state index < -0.39 is 0 Å². The molecular formula is C14H20N6O. The number of imidazole rings is 1. The molecular weight excluding hydrogens is 268 g/mol. The molecule has 112 valence electrons. The fourth-order valence-corrected chi connectivity index (χ4v) is 2.37. The summed E-state index contributed by atoms with van der Waals surface area (Å²) in [6, 6.07) is 3.84. The minimum atomic E-state index is 0.194.